The van der Waals surface area contributed by atoms with Crippen molar-refractivity contribution in [3.05, 3.63) is 63.7 Å². The van der Waals surface area contributed by atoms with Crippen LogP contribution in [0.2, 0.25) is 0 Å². The highest BCUT2D eigenvalue weighted by atomic mass is 16.6. The Balaban J connectivity index is 2.20. The minimum absolute atomic E-state index is 0.0297. The lowest BCUT2D eigenvalue weighted by Gasteiger charge is -2.13. The highest BCUT2D eigenvalue weighted by Gasteiger charge is 2.31. The van der Waals surface area contributed by atoms with E-state index in [1.807, 2.05) is 24.3 Å². The zero-order chi connectivity index (χ0) is 14.3. The van der Waals surface area contributed by atoms with Crippen molar-refractivity contribution in [3.63, 3.8) is 0 Å². The number of esters is 1. The van der Waals surface area contributed by atoms with Crippen molar-refractivity contribution in [2.75, 3.05) is 0 Å². The number of nitro groups is 1. The predicted octanol–water partition coefficient (Wildman–Crippen LogP) is 3.23. The summed E-state index contributed by atoms with van der Waals surface area (Å²) in [6, 6.07) is 12.1. The van der Waals surface area contributed by atoms with Gasteiger partial charge in [-0.15, -0.1) is 0 Å². The topological polar surface area (TPSA) is 69.4 Å². The molecule has 0 saturated heterocycles. The van der Waals surface area contributed by atoms with E-state index in [4.69, 9.17) is 4.74 Å². The van der Waals surface area contributed by atoms with E-state index in [0.717, 1.165) is 22.3 Å². The van der Waals surface area contributed by atoms with Crippen LogP contribution in [0, 0.1) is 10.1 Å². The van der Waals surface area contributed by atoms with Gasteiger partial charge in [-0.05, 0) is 17.2 Å². The van der Waals surface area contributed by atoms with E-state index in [1.54, 1.807) is 6.07 Å². The van der Waals surface area contributed by atoms with E-state index >= 15 is 0 Å². The molecule has 1 aliphatic rings. The number of hydrogen-bond donors (Lipinski definition) is 0. The van der Waals surface area contributed by atoms with Gasteiger partial charge >= 0.3 is 5.97 Å². The van der Waals surface area contributed by atoms with Gasteiger partial charge in [-0.3, -0.25) is 14.9 Å². The molecule has 2 aromatic rings. The van der Waals surface area contributed by atoms with Crippen molar-refractivity contribution in [1.29, 1.82) is 0 Å². The van der Waals surface area contributed by atoms with Crippen LogP contribution in [-0.4, -0.2) is 10.9 Å². The molecule has 0 aromatic heterocycles. The van der Waals surface area contributed by atoms with Gasteiger partial charge < -0.3 is 4.74 Å². The van der Waals surface area contributed by atoms with Crippen molar-refractivity contribution < 1.29 is 14.5 Å². The highest BCUT2D eigenvalue weighted by Crippen LogP contribution is 2.46. The van der Waals surface area contributed by atoms with Crippen LogP contribution in [-0.2, 0) is 9.53 Å². The lowest BCUT2D eigenvalue weighted by atomic mass is 10.1. The summed E-state index contributed by atoms with van der Waals surface area (Å²) >= 11 is 0. The maximum absolute atomic E-state index is 11.3. The largest absolute Gasteiger partial charge is 0.453 e. The molecule has 0 bridgehead atoms. The number of carbonyl (C=O) groups excluding carboxylic acids is 1. The molecular formula is C15H11NO4. The van der Waals surface area contributed by atoms with Crippen molar-refractivity contribution in [2.45, 2.75) is 13.0 Å². The molecule has 3 rings (SSSR count). The van der Waals surface area contributed by atoms with Gasteiger partial charge in [0.1, 0.15) is 0 Å². The van der Waals surface area contributed by atoms with Crippen LogP contribution in [0.5, 0.6) is 0 Å². The van der Waals surface area contributed by atoms with Crippen molar-refractivity contribution >= 4 is 11.7 Å². The third-order valence-corrected chi connectivity index (χ3v) is 3.35. The summed E-state index contributed by atoms with van der Waals surface area (Å²) in [5.41, 5.74) is 3.30. The summed E-state index contributed by atoms with van der Waals surface area (Å²) in [5.74, 6) is -0.379. The first-order valence-corrected chi connectivity index (χ1v) is 6.13. The molecular weight excluding hydrogens is 258 g/mol. The number of carbonyl (C=O) groups is 1. The molecule has 0 radical (unpaired) electrons. The second-order valence-electron chi connectivity index (χ2n) is 4.61. The number of benzene rings is 2. The Bertz CT molecular complexity index is 724. The van der Waals surface area contributed by atoms with Crippen LogP contribution in [0.1, 0.15) is 24.2 Å². The second kappa shape index (κ2) is 4.45. The average Bonchev–Trinajstić information content (AvgIpc) is 2.73. The number of nitro benzene ring substituents is 1. The summed E-state index contributed by atoms with van der Waals surface area (Å²) < 4.78 is 5.36. The van der Waals surface area contributed by atoms with E-state index in [-0.39, 0.29) is 11.7 Å². The summed E-state index contributed by atoms with van der Waals surface area (Å²) in [4.78, 5) is 21.7. The third-order valence-electron chi connectivity index (χ3n) is 3.35. The smallest absolute Gasteiger partial charge is 0.303 e. The first kappa shape index (κ1) is 12.3. The van der Waals surface area contributed by atoms with Gasteiger partial charge in [-0.2, -0.15) is 0 Å². The molecule has 0 amide bonds. The summed E-state index contributed by atoms with van der Waals surface area (Å²) in [5, 5.41) is 10.9. The average molecular weight is 269 g/mol. The van der Waals surface area contributed by atoms with Crippen molar-refractivity contribution in [3.8, 4) is 11.1 Å². The van der Waals surface area contributed by atoms with E-state index in [9.17, 15) is 14.9 Å². The normalized spacial score (nSPS) is 15.3. The monoisotopic (exact) mass is 269 g/mol. The molecule has 0 unspecified atom stereocenters. The highest BCUT2D eigenvalue weighted by molar-refractivity contribution is 5.81. The minimum atomic E-state index is -0.487. The van der Waals surface area contributed by atoms with Gasteiger partial charge in [0.15, 0.2) is 6.10 Å². The van der Waals surface area contributed by atoms with Gasteiger partial charge in [0, 0.05) is 30.2 Å². The summed E-state index contributed by atoms with van der Waals surface area (Å²) in [6.07, 6.45) is -0.487. The van der Waals surface area contributed by atoms with Crippen LogP contribution in [0.25, 0.3) is 11.1 Å². The number of non-ortho nitro benzene ring substituents is 1. The van der Waals surface area contributed by atoms with E-state index in [1.165, 1.54) is 19.1 Å². The van der Waals surface area contributed by atoms with Gasteiger partial charge in [0.05, 0.1) is 4.92 Å². The molecule has 20 heavy (non-hydrogen) atoms. The predicted molar refractivity (Wildman–Crippen MR) is 72.1 cm³/mol. The van der Waals surface area contributed by atoms with Crippen molar-refractivity contribution in [1.82, 2.24) is 0 Å². The number of fused-ring (bicyclic) bond motifs is 3. The zero-order valence-corrected chi connectivity index (χ0v) is 10.7. The SMILES string of the molecule is CC(=O)O[C@@H]1c2ccccc2-c2cc([N+](=O)[O-])ccc21. The van der Waals surface area contributed by atoms with Gasteiger partial charge in [-0.25, -0.2) is 0 Å². The van der Waals surface area contributed by atoms with Crippen LogP contribution in [0.4, 0.5) is 5.69 Å². The minimum Gasteiger partial charge on any atom is -0.453 e. The first-order chi connectivity index (χ1) is 9.58. The molecule has 0 N–H and O–H groups in total. The Morgan fingerprint density at radius 1 is 1.15 bits per heavy atom. The Hall–Kier alpha value is -2.69. The van der Waals surface area contributed by atoms with Gasteiger partial charge in [-0.1, -0.05) is 24.3 Å². The van der Waals surface area contributed by atoms with E-state index in [0.29, 0.717) is 0 Å². The van der Waals surface area contributed by atoms with Crippen LogP contribution in [0.15, 0.2) is 42.5 Å². The van der Waals surface area contributed by atoms with Gasteiger partial charge in [0.2, 0.25) is 0 Å². The quantitative estimate of drug-likeness (QED) is 0.477. The standard InChI is InChI=1S/C15H11NO4/c1-9(17)20-15-12-5-3-2-4-11(12)14-8-10(16(18)19)6-7-13(14)15/h2-8,15H,1H3/t15-/m1/s1. The third kappa shape index (κ3) is 1.84. The zero-order valence-electron chi connectivity index (χ0n) is 10.7. The Morgan fingerprint density at radius 3 is 2.55 bits per heavy atom. The van der Waals surface area contributed by atoms with Crippen LogP contribution in [0.3, 0.4) is 0 Å². The molecule has 0 saturated carbocycles. The molecule has 0 heterocycles. The van der Waals surface area contributed by atoms with Crippen LogP contribution >= 0.6 is 0 Å². The molecule has 0 aliphatic heterocycles. The molecule has 100 valence electrons. The van der Waals surface area contributed by atoms with Crippen molar-refractivity contribution in [2.24, 2.45) is 0 Å². The maximum Gasteiger partial charge on any atom is 0.303 e. The summed E-state index contributed by atoms with van der Waals surface area (Å²) in [6.45, 7) is 1.35. The Kier molecular flexibility index (Phi) is 2.75. The van der Waals surface area contributed by atoms with E-state index < -0.39 is 11.0 Å². The van der Waals surface area contributed by atoms with E-state index in [2.05, 4.69) is 0 Å². The Morgan fingerprint density at radius 2 is 1.85 bits per heavy atom. The molecule has 5 heteroatoms. The first-order valence-electron chi connectivity index (χ1n) is 6.13. The van der Waals surface area contributed by atoms with Crippen LogP contribution < -0.4 is 0 Å². The number of ether oxygens (including phenoxy) is 1. The molecule has 1 atom stereocenters. The molecule has 5 nitrogen and oxygen atoms in total. The second-order valence-corrected chi connectivity index (χ2v) is 4.61. The van der Waals surface area contributed by atoms with Gasteiger partial charge in [0.25, 0.3) is 5.69 Å². The molecule has 2 aromatic carbocycles. The molecule has 0 fully saturated rings. The number of hydrogen-bond acceptors (Lipinski definition) is 4. The fourth-order valence-corrected chi connectivity index (χ4v) is 2.55. The lowest BCUT2D eigenvalue weighted by Crippen LogP contribution is -2.07. The maximum atomic E-state index is 11.3. The fraction of sp³-hybridized carbons (Fsp3) is 0.133. The number of nitrogens with zero attached hydrogens (tertiary/aromatic N) is 1. The molecule has 0 spiro atoms. The lowest BCUT2D eigenvalue weighted by molar-refractivity contribution is -0.384. The summed E-state index contributed by atoms with van der Waals surface area (Å²) in [7, 11) is 0. The molecule has 1 aliphatic carbocycles. The number of rotatable bonds is 2. The Labute approximate surface area is 115 Å². The fourth-order valence-electron chi connectivity index (χ4n) is 2.55.